The predicted molar refractivity (Wildman–Crippen MR) is 47.8 cm³/mol. The smallest absolute Gasteiger partial charge is 0.156 e. The van der Waals surface area contributed by atoms with Crippen LogP contribution in [0, 0.1) is 0 Å². The number of rotatable bonds is 3. The van der Waals surface area contributed by atoms with Crippen LogP contribution in [0.3, 0.4) is 0 Å². The summed E-state index contributed by atoms with van der Waals surface area (Å²) < 4.78 is 30.8. The molecule has 1 saturated carbocycles. The molecule has 0 aromatic heterocycles. The highest BCUT2D eigenvalue weighted by molar-refractivity contribution is 6.59. The number of hydrogen-bond donors (Lipinski definition) is 1. The Kier molecular flexibility index (Phi) is 1.67. The second kappa shape index (κ2) is 4.02. The van der Waals surface area contributed by atoms with Crippen molar-refractivity contribution in [2.24, 2.45) is 0 Å². The van der Waals surface area contributed by atoms with Crippen molar-refractivity contribution in [1.82, 2.24) is 5.32 Å². The van der Waals surface area contributed by atoms with E-state index in [1.807, 2.05) is 13.9 Å². The van der Waals surface area contributed by atoms with E-state index in [4.69, 9.17) is 5.48 Å². The van der Waals surface area contributed by atoms with E-state index in [9.17, 15) is 0 Å². The van der Waals surface area contributed by atoms with Crippen LogP contribution in [0.25, 0.3) is 0 Å². The summed E-state index contributed by atoms with van der Waals surface area (Å²) in [5.41, 5.74) is 0. The van der Waals surface area contributed by atoms with Gasteiger partial charge >= 0.3 is 0 Å². The summed E-state index contributed by atoms with van der Waals surface area (Å²) in [6.45, 7) is 2.20. The molecule has 0 amide bonds. The SMILES string of the molecule is [2H]C1C([2H])C([2H])C(B(C)CNC)C1[2H]. The van der Waals surface area contributed by atoms with Gasteiger partial charge in [0.2, 0.25) is 0 Å². The van der Waals surface area contributed by atoms with Crippen LogP contribution < -0.4 is 5.32 Å². The van der Waals surface area contributed by atoms with Crippen LogP contribution in [0.15, 0.2) is 0 Å². The van der Waals surface area contributed by atoms with Gasteiger partial charge in [-0.15, -0.1) is 0 Å². The summed E-state index contributed by atoms with van der Waals surface area (Å²) >= 11 is 0. The van der Waals surface area contributed by atoms with Crippen molar-refractivity contribution in [2.45, 2.75) is 38.2 Å². The third-order valence-electron chi connectivity index (χ3n) is 1.96. The van der Waals surface area contributed by atoms with Crippen molar-refractivity contribution in [2.75, 3.05) is 13.5 Å². The van der Waals surface area contributed by atoms with E-state index in [-0.39, 0.29) is 12.5 Å². The van der Waals surface area contributed by atoms with E-state index < -0.39 is 25.6 Å². The van der Waals surface area contributed by atoms with Gasteiger partial charge in [-0.1, -0.05) is 38.2 Å². The highest BCUT2D eigenvalue weighted by Gasteiger charge is 2.22. The van der Waals surface area contributed by atoms with E-state index in [0.717, 1.165) is 6.44 Å². The highest BCUT2D eigenvalue weighted by Crippen LogP contribution is 2.32. The van der Waals surface area contributed by atoms with Crippen LogP contribution in [-0.2, 0) is 0 Å². The zero-order chi connectivity index (χ0) is 10.9. The van der Waals surface area contributed by atoms with Crippen molar-refractivity contribution in [3.8, 4) is 0 Å². The molecule has 1 aliphatic rings. The summed E-state index contributed by atoms with van der Waals surface area (Å²) in [4.78, 5) is 0. The first-order valence-corrected chi connectivity index (χ1v) is 3.84. The molecule has 0 heterocycles. The zero-order valence-electron chi connectivity index (χ0n) is 10.7. The number of nitrogens with one attached hydrogen (secondary N) is 1. The minimum Gasteiger partial charge on any atom is -0.327 e. The minimum absolute atomic E-state index is 0.132. The lowest BCUT2D eigenvalue weighted by atomic mass is 9.42. The molecule has 0 radical (unpaired) electrons. The normalized spacial score (nSPS) is 60.4. The summed E-state index contributed by atoms with van der Waals surface area (Å²) in [6.07, 6.45) is -1.79. The molecule has 1 nitrogen and oxygen atoms in total. The molecular weight excluding hydrogens is 121 g/mol. The molecule has 1 aliphatic carbocycles. The van der Waals surface area contributed by atoms with Gasteiger partial charge in [0.15, 0.2) is 6.71 Å². The summed E-state index contributed by atoms with van der Waals surface area (Å²) in [6, 6.07) is 0. The molecule has 2 heteroatoms. The Labute approximate surface area is 70.3 Å². The first-order chi connectivity index (χ1) is 6.50. The van der Waals surface area contributed by atoms with E-state index in [2.05, 4.69) is 5.32 Å². The molecule has 58 valence electrons. The lowest BCUT2D eigenvalue weighted by molar-refractivity contribution is 0.827. The van der Waals surface area contributed by atoms with Gasteiger partial charge in [-0.3, -0.25) is 0 Å². The lowest BCUT2D eigenvalue weighted by Crippen LogP contribution is -2.28. The Morgan fingerprint density at radius 2 is 2.20 bits per heavy atom. The Morgan fingerprint density at radius 1 is 1.60 bits per heavy atom. The molecule has 10 heavy (non-hydrogen) atoms. The largest absolute Gasteiger partial charge is 0.327 e. The third kappa shape index (κ3) is 2.01. The standard InChI is InChI=1S/C8H18BN/c1-9(7-10-2)8-5-3-4-6-8/h8,10H,3-7H2,1-2H3/i3D,4D,5D,6D. The van der Waals surface area contributed by atoms with Crippen LogP contribution in [0.4, 0.5) is 0 Å². The van der Waals surface area contributed by atoms with Crippen molar-refractivity contribution < 1.29 is 5.48 Å². The van der Waals surface area contributed by atoms with Crippen LogP contribution in [0.5, 0.6) is 0 Å². The molecule has 4 atom stereocenters. The van der Waals surface area contributed by atoms with E-state index in [1.54, 1.807) is 0 Å². The van der Waals surface area contributed by atoms with Crippen LogP contribution >= 0.6 is 0 Å². The van der Waals surface area contributed by atoms with Gasteiger partial charge in [0.1, 0.15) is 0 Å². The van der Waals surface area contributed by atoms with Crippen LogP contribution in [0.1, 0.15) is 31.1 Å². The van der Waals surface area contributed by atoms with E-state index in [1.165, 1.54) is 0 Å². The summed E-state index contributed by atoms with van der Waals surface area (Å²) in [7, 11) is 1.85. The van der Waals surface area contributed by atoms with Gasteiger partial charge in [-0.25, -0.2) is 0 Å². The zero-order valence-corrected chi connectivity index (χ0v) is 6.67. The van der Waals surface area contributed by atoms with Gasteiger partial charge in [0.05, 0.1) is 0 Å². The van der Waals surface area contributed by atoms with Crippen molar-refractivity contribution >= 4 is 6.71 Å². The van der Waals surface area contributed by atoms with Crippen LogP contribution in [-0.4, -0.2) is 20.2 Å². The van der Waals surface area contributed by atoms with Crippen molar-refractivity contribution in [3.05, 3.63) is 0 Å². The van der Waals surface area contributed by atoms with E-state index >= 15 is 0 Å². The molecular formula is C8H18BN. The van der Waals surface area contributed by atoms with Gasteiger partial charge in [0.25, 0.3) is 0 Å². The molecule has 1 fully saturated rings. The highest BCUT2D eigenvalue weighted by atomic mass is 14.8. The fourth-order valence-electron chi connectivity index (χ4n) is 1.29. The lowest BCUT2D eigenvalue weighted by Gasteiger charge is -2.13. The topological polar surface area (TPSA) is 12.0 Å². The molecule has 1 rings (SSSR count). The van der Waals surface area contributed by atoms with Gasteiger partial charge in [-0.05, 0) is 13.5 Å². The molecule has 0 saturated heterocycles. The Morgan fingerprint density at radius 3 is 2.70 bits per heavy atom. The first-order valence-electron chi connectivity index (χ1n) is 6.15. The molecule has 0 aromatic rings. The third-order valence-corrected chi connectivity index (χ3v) is 1.96. The fraction of sp³-hybridized carbons (Fsp3) is 1.00. The van der Waals surface area contributed by atoms with E-state index in [0.29, 0.717) is 0 Å². The Balaban J connectivity index is 2.68. The molecule has 1 N–H and O–H groups in total. The number of hydrogen-bond acceptors (Lipinski definition) is 1. The average molecular weight is 143 g/mol. The van der Waals surface area contributed by atoms with Crippen molar-refractivity contribution in [3.63, 3.8) is 0 Å². The molecule has 0 spiro atoms. The Hall–Kier alpha value is 0.0249. The van der Waals surface area contributed by atoms with Crippen molar-refractivity contribution in [1.29, 1.82) is 0 Å². The Bertz CT molecular complexity index is 180. The quantitative estimate of drug-likeness (QED) is 0.594. The first kappa shape index (κ1) is 4.15. The minimum atomic E-state index is -0.707. The molecule has 0 aliphatic heterocycles. The van der Waals surface area contributed by atoms with Gasteiger partial charge in [0, 0.05) is 5.48 Å². The fourth-order valence-corrected chi connectivity index (χ4v) is 1.29. The predicted octanol–water partition coefficient (Wildman–Crippen LogP) is 1.81. The average Bonchev–Trinajstić information content (AvgIpc) is 2.32. The van der Waals surface area contributed by atoms with Gasteiger partial charge in [-0.2, -0.15) is 0 Å². The monoisotopic (exact) mass is 143 g/mol. The maximum atomic E-state index is 7.81. The second-order valence-electron chi connectivity index (χ2n) is 2.88. The van der Waals surface area contributed by atoms with Gasteiger partial charge < -0.3 is 5.32 Å². The second-order valence-corrected chi connectivity index (χ2v) is 2.88. The van der Waals surface area contributed by atoms with Crippen LogP contribution in [0.2, 0.25) is 12.6 Å². The maximum absolute atomic E-state index is 7.81. The molecule has 0 bridgehead atoms. The molecule has 0 aromatic carbocycles. The molecule has 4 unspecified atom stereocenters. The summed E-state index contributed by atoms with van der Waals surface area (Å²) in [5.74, 6) is -0.132. The summed E-state index contributed by atoms with van der Waals surface area (Å²) in [5, 5.41) is 3.03. The maximum Gasteiger partial charge on any atom is 0.156 e.